The van der Waals surface area contributed by atoms with Crippen LogP contribution in [0.2, 0.25) is 0 Å². The highest BCUT2D eigenvalue weighted by atomic mass is 15.1. The molecule has 0 aliphatic rings. The molecule has 1 rings (SSSR count). The standard InChI is InChI=1S/C23H45N2/c1-4-6-8-10-11-12-13-14-16-18-20-25-22-21-24(23(25)3)19-17-15-9-7-5-2/h21-22H,4-20H2,1-3H3/q+1. The van der Waals surface area contributed by atoms with Crippen LogP contribution < -0.4 is 4.57 Å². The molecule has 2 nitrogen and oxygen atoms in total. The van der Waals surface area contributed by atoms with Gasteiger partial charge in [-0.15, -0.1) is 0 Å². The molecular weight excluding hydrogens is 304 g/mol. The molecule has 0 atom stereocenters. The van der Waals surface area contributed by atoms with Crippen LogP contribution >= 0.6 is 0 Å². The Labute approximate surface area is 158 Å². The van der Waals surface area contributed by atoms with Gasteiger partial charge >= 0.3 is 0 Å². The first-order valence-corrected chi connectivity index (χ1v) is 11.3. The molecule has 0 aromatic carbocycles. The van der Waals surface area contributed by atoms with Crippen molar-refractivity contribution in [1.82, 2.24) is 4.57 Å². The summed E-state index contributed by atoms with van der Waals surface area (Å²) in [5, 5.41) is 0. The van der Waals surface area contributed by atoms with Crippen molar-refractivity contribution in [3.05, 3.63) is 18.2 Å². The van der Waals surface area contributed by atoms with Crippen LogP contribution in [0.15, 0.2) is 12.4 Å². The van der Waals surface area contributed by atoms with Crippen LogP contribution in [0.25, 0.3) is 0 Å². The predicted molar refractivity (Wildman–Crippen MR) is 110 cm³/mol. The molecule has 1 heterocycles. The van der Waals surface area contributed by atoms with Gasteiger partial charge in [-0.25, -0.2) is 9.13 Å². The fraction of sp³-hybridized carbons (Fsp3) is 0.870. The van der Waals surface area contributed by atoms with Gasteiger partial charge in [-0.3, -0.25) is 0 Å². The van der Waals surface area contributed by atoms with Gasteiger partial charge in [-0.05, 0) is 25.7 Å². The monoisotopic (exact) mass is 349 g/mol. The Balaban J connectivity index is 2.03. The Morgan fingerprint density at radius 3 is 1.72 bits per heavy atom. The van der Waals surface area contributed by atoms with E-state index in [4.69, 9.17) is 0 Å². The van der Waals surface area contributed by atoms with E-state index < -0.39 is 0 Å². The van der Waals surface area contributed by atoms with Crippen LogP contribution in [0.3, 0.4) is 0 Å². The lowest BCUT2D eigenvalue weighted by Gasteiger charge is -2.03. The van der Waals surface area contributed by atoms with E-state index in [0.29, 0.717) is 0 Å². The first kappa shape index (κ1) is 22.3. The number of imidazole rings is 1. The lowest BCUT2D eigenvalue weighted by atomic mass is 10.1. The summed E-state index contributed by atoms with van der Waals surface area (Å²) in [6.45, 7) is 9.25. The molecule has 0 saturated heterocycles. The van der Waals surface area contributed by atoms with Gasteiger partial charge in [0.2, 0.25) is 0 Å². The predicted octanol–water partition coefficient (Wildman–Crippen LogP) is 6.98. The van der Waals surface area contributed by atoms with E-state index in [1.165, 1.54) is 115 Å². The second kappa shape index (κ2) is 15.5. The van der Waals surface area contributed by atoms with Gasteiger partial charge in [0.15, 0.2) is 0 Å². The largest absolute Gasteiger partial charge is 0.253 e. The van der Waals surface area contributed by atoms with E-state index in [1.54, 1.807) is 0 Å². The van der Waals surface area contributed by atoms with Gasteiger partial charge in [0.05, 0.1) is 13.1 Å². The highest BCUT2D eigenvalue weighted by Gasteiger charge is 2.11. The van der Waals surface area contributed by atoms with Crippen LogP contribution in [0.5, 0.6) is 0 Å². The Morgan fingerprint density at radius 2 is 1.16 bits per heavy atom. The van der Waals surface area contributed by atoms with Crippen LogP contribution in [0.1, 0.15) is 116 Å². The van der Waals surface area contributed by atoms with E-state index in [0.717, 1.165) is 0 Å². The molecular formula is C23H45N2+. The van der Waals surface area contributed by atoms with E-state index in [9.17, 15) is 0 Å². The van der Waals surface area contributed by atoms with Crippen molar-refractivity contribution in [2.24, 2.45) is 0 Å². The average molecular weight is 350 g/mol. The van der Waals surface area contributed by atoms with Crippen molar-refractivity contribution < 1.29 is 4.57 Å². The van der Waals surface area contributed by atoms with Gasteiger partial charge in [0, 0.05) is 6.92 Å². The van der Waals surface area contributed by atoms with Gasteiger partial charge < -0.3 is 0 Å². The number of unbranched alkanes of at least 4 members (excludes halogenated alkanes) is 13. The highest BCUT2D eigenvalue weighted by molar-refractivity contribution is 4.79. The quantitative estimate of drug-likeness (QED) is 0.212. The van der Waals surface area contributed by atoms with Gasteiger partial charge in [-0.2, -0.15) is 0 Å². The maximum absolute atomic E-state index is 2.46. The summed E-state index contributed by atoms with van der Waals surface area (Å²) in [7, 11) is 0. The summed E-state index contributed by atoms with van der Waals surface area (Å²) in [5.41, 5.74) is 0. The SMILES string of the molecule is CCCCCCCCCCCCn1cc[n+](CCCCCCC)c1C. The van der Waals surface area contributed by atoms with E-state index >= 15 is 0 Å². The summed E-state index contributed by atoms with van der Waals surface area (Å²) < 4.78 is 4.90. The van der Waals surface area contributed by atoms with Crippen molar-refractivity contribution in [2.75, 3.05) is 0 Å². The third-order valence-electron chi connectivity index (χ3n) is 5.51. The van der Waals surface area contributed by atoms with Crippen molar-refractivity contribution >= 4 is 0 Å². The topological polar surface area (TPSA) is 8.81 Å². The summed E-state index contributed by atoms with van der Waals surface area (Å²) in [6.07, 6.45) is 25.6. The van der Waals surface area contributed by atoms with Crippen molar-refractivity contribution in [2.45, 2.75) is 130 Å². The second-order valence-electron chi connectivity index (χ2n) is 7.83. The number of hydrogen-bond donors (Lipinski definition) is 0. The number of aryl methyl sites for hydroxylation is 2. The Morgan fingerprint density at radius 1 is 0.680 bits per heavy atom. The summed E-state index contributed by atoms with van der Waals surface area (Å²) >= 11 is 0. The molecule has 0 unspecified atom stereocenters. The minimum atomic E-state index is 1.20. The molecule has 0 bridgehead atoms. The van der Waals surface area contributed by atoms with Gasteiger partial charge in [-0.1, -0.05) is 84.5 Å². The fourth-order valence-corrected chi connectivity index (χ4v) is 3.67. The maximum atomic E-state index is 2.46. The fourth-order valence-electron chi connectivity index (χ4n) is 3.67. The van der Waals surface area contributed by atoms with Gasteiger partial charge in [0.25, 0.3) is 5.82 Å². The Kier molecular flexibility index (Phi) is 13.8. The molecule has 146 valence electrons. The summed E-state index contributed by atoms with van der Waals surface area (Å²) in [5.74, 6) is 1.44. The number of hydrogen-bond acceptors (Lipinski definition) is 0. The lowest BCUT2D eigenvalue weighted by molar-refractivity contribution is -0.702. The zero-order valence-electron chi connectivity index (χ0n) is 17.6. The second-order valence-corrected chi connectivity index (χ2v) is 7.83. The third-order valence-corrected chi connectivity index (χ3v) is 5.51. The number of aromatic nitrogens is 2. The Hall–Kier alpha value is -0.790. The molecule has 0 amide bonds. The lowest BCUT2D eigenvalue weighted by Crippen LogP contribution is -2.35. The zero-order chi connectivity index (χ0) is 18.2. The van der Waals surface area contributed by atoms with Crippen molar-refractivity contribution in [3.8, 4) is 0 Å². The van der Waals surface area contributed by atoms with Crippen molar-refractivity contribution in [3.63, 3.8) is 0 Å². The van der Waals surface area contributed by atoms with E-state index in [2.05, 4.69) is 42.3 Å². The minimum absolute atomic E-state index is 1.20. The molecule has 1 aromatic heterocycles. The average Bonchev–Trinajstić information content (AvgIpc) is 2.96. The normalized spacial score (nSPS) is 11.3. The van der Waals surface area contributed by atoms with E-state index in [1.807, 2.05) is 0 Å². The molecule has 0 N–H and O–H groups in total. The number of nitrogens with zero attached hydrogens (tertiary/aromatic N) is 2. The van der Waals surface area contributed by atoms with E-state index in [-0.39, 0.29) is 0 Å². The molecule has 1 aromatic rings. The molecule has 2 heteroatoms. The molecule has 0 aliphatic heterocycles. The zero-order valence-corrected chi connectivity index (χ0v) is 17.6. The maximum Gasteiger partial charge on any atom is 0.253 e. The molecule has 0 aliphatic carbocycles. The summed E-state index contributed by atoms with van der Waals surface area (Å²) in [6, 6.07) is 0. The molecule has 0 spiro atoms. The first-order valence-electron chi connectivity index (χ1n) is 11.3. The van der Waals surface area contributed by atoms with Crippen LogP contribution in [-0.4, -0.2) is 4.57 Å². The number of rotatable bonds is 17. The Bertz CT molecular complexity index is 408. The first-order chi connectivity index (χ1) is 12.3. The third kappa shape index (κ3) is 10.7. The van der Waals surface area contributed by atoms with Crippen LogP contribution in [0, 0.1) is 6.92 Å². The summed E-state index contributed by atoms with van der Waals surface area (Å²) in [4.78, 5) is 0. The minimum Gasteiger partial charge on any atom is -0.234 e. The molecule has 25 heavy (non-hydrogen) atoms. The van der Waals surface area contributed by atoms with Crippen LogP contribution in [-0.2, 0) is 13.1 Å². The highest BCUT2D eigenvalue weighted by Crippen LogP contribution is 2.11. The molecule has 0 fully saturated rings. The van der Waals surface area contributed by atoms with Crippen LogP contribution in [0.4, 0.5) is 0 Å². The molecule has 0 saturated carbocycles. The smallest absolute Gasteiger partial charge is 0.234 e. The molecule has 0 radical (unpaired) electrons. The van der Waals surface area contributed by atoms with Gasteiger partial charge in [0.1, 0.15) is 12.4 Å². The van der Waals surface area contributed by atoms with Crippen molar-refractivity contribution in [1.29, 1.82) is 0 Å².